The zero-order valence-electron chi connectivity index (χ0n) is 11.6. The van der Waals surface area contributed by atoms with Gasteiger partial charge in [-0.3, -0.25) is 10.1 Å². The van der Waals surface area contributed by atoms with Crippen LogP contribution in [0.5, 0.6) is 0 Å². The Labute approximate surface area is 121 Å². The normalized spacial score (nSPS) is 10.0. The van der Waals surface area contributed by atoms with Gasteiger partial charge in [0.1, 0.15) is 5.69 Å². The number of anilines is 2. The average molecular weight is 286 g/mol. The Morgan fingerprint density at radius 3 is 2.43 bits per heavy atom. The quantitative estimate of drug-likeness (QED) is 0.529. The standard InChI is InChI=1S/C15H14N2O4/c1-10-3-6-12(7-4-10)16-13-8-5-11(15(18)21-2)9-14(13)17(19)20/h3-9,16H,1-2H3. The van der Waals surface area contributed by atoms with Gasteiger partial charge in [-0.2, -0.15) is 0 Å². The SMILES string of the molecule is COC(=O)c1ccc(Nc2ccc(C)cc2)c([N+](=O)[O-])c1. The molecule has 2 aromatic rings. The zero-order valence-corrected chi connectivity index (χ0v) is 11.6. The third kappa shape index (κ3) is 3.36. The fraction of sp³-hybridized carbons (Fsp3) is 0.133. The second-order valence-electron chi connectivity index (χ2n) is 4.47. The van der Waals surface area contributed by atoms with E-state index in [4.69, 9.17) is 0 Å². The van der Waals surface area contributed by atoms with Crippen LogP contribution in [0, 0.1) is 17.0 Å². The monoisotopic (exact) mass is 286 g/mol. The molecule has 0 fully saturated rings. The van der Waals surface area contributed by atoms with Crippen LogP contribution in [0.1, 0.15) is 15.9 Å². The van der Waals surface area contributed by atoms with Crippen LogP contribution < -0.4 is 5.32 Å². The van der Waals surface area contributed by atoms with Crippen molar-refractivity contribution in [3.63, 3.8) is 0 Å². The lowest BCUT2D eigenvalue weighted by atomic mass is 10.1. The fourth-order valence-electron chi connectivity index (χ4n) is 1.83. The van der Waals surface area contributed by atoms with Gasteiger partial charge in [0.05, 0.1) is 17.6 Å². The smallest absolute Gasteiger partial charge is 0.338 e. The summed E-state index contributed by atoms with van der Waals surface area (Å²) in [7, 11) is 1.23. The van der Waals surface area contributed by atoms with Crippen molar-refractivity contribution in [1.82, 2.24) is 0 Å². The highest BCUT2D eigenvalue weighted by Gasteiger charge is 2.18. The van der Waals surface area contributed by atoms with E-state index in [1.807, 2.05) is 31.2 Å². The number of nitro benzene ring substituents is 1. The van der Waals surface area contributed by atoms with Crippen molar-refractivity contribution in [1.29, 1.82) is 0 Å². The lowest BCUT2D eigenvalue weighted by Crippen LogP contribution is -2.04. The Morgan fingerprint density at radius 1 is 1.19 bits per heavy atom. The van der Waals surface area contributed by atoms with E-state index in [1.165, 1.54) is 25.3 Å². The molecular weight excluding hydrogens is 272 g/mol. The van der Waals surface area contributed by atoms with Crippen molar-refractivity contribution < 1.29 is 14.5 Å². The summed E-state index contributed by atoms with van der Waals surface area (Å²) >= 11 is 0. The van der Waals surface area contributed by atoms with Gasteiger partial charge in [0.2, 0.25) is 0 Å². The zero-order chi connectivity index (χ0) is 15.4. The summed E-state index contributed by atoms with van der Waals surface area (Å²) in [5.41, 5.74) is 2.10. The summed E-state index contributed by atoms with van der Waals surface area (Å²) in [6.07, 6.45) is 0. The third-order valence-corrected chi connectivity index (χ3v) is 2.95. The minimum atomic E-state index is -0.611. The number of aryl methyl sites for hydroxylation is 1. The molecule has 0 bridgehead atoms. The van der Waals surface area contributed by atoms with E-state index in [9.17, 15) is 14.9 Å². The van der Waals surface area contributed by atoms with Crippen molar-refractivity contribution in [2.45, 2.75) is 6.92 Å². The highest BCUT2D eigenvalue weighted by atomic mass is 16.6. The molecule has 0 unspecified atom stereocenters. The summed E-state index contributed by atoms with van der Waals surface area (Å²) in [5.74, 6) is -0.611. The predicted octanol–water partition coefficient (Wildman–Crippen LogP) is 3.43. The number of rotatable bonds is 4. The van der Waals surface area contributed by atoms with Crippen molar-refractivity contribution in [3.8, 4) is 0 Å². The van der Waals surface area contributed by atoms with Gasteiger partial charge in [-0.15, -0.1) is 0 Å². The number of methoxy groups -OCH3 is 1. The van der Waals surface area contributed by atoms with Gasteiger partial charge in [-0.05, 0) is 31.2 Å². The average Bonchev–Trinajstić information content (AvgIpc) is 2.49. The number of ether oxygens (including phenoxy) is 1. The van der Waals surface area contributed by atoms with Crippen LogP contribution in [-0.2, 0) is 4.74 Å². The predicted molar refractivity (Wildman–Crippen MR) is 78.9 cm³/mol. The van der Waals surface area contributed by atoms with Crippen LogP contribution in [0.25, 0.3) is 0 Å². The third-order valence-electron chi connectivity index (χ3n) is 2.95. The number of nitro groups is 1. The number of hydrogen-bond donors (Lipinski definition) is 1. The molecule has 0 heterocycles. The van der Waals surface area contributed by atoms with Crippen molar-refractivity contribution in [2.24, 2.45) is 0 Å². The van der Waals surface area contributed by atoms with E-state index in [1.54, 1.807) is 0 Å². The highest BCUT2D eigenvalue weighted by Crippen LogP contribution is 2.29. The Balaban J connectivity index is 2.36. The summed E-state index contributed by atoms with van der Waals surface area (Å²) < 4.78 is 4.56. The maximum Gasteiger partial charge on any atom is 0.338 e. The van der Waals surface area contributed by atoms with E-state index in [-0.39, 0.29) is 11.3 Å². The van der Waals surface area contributed by atoms with E-state index < -0.39 is 10.9 Å². The lowest BCUT2D eigenvalue weighted by molar-refractivity contribution is -0.383. The number of hydrogen-bond acceptors (Lipinski definition) is 5. The minimum absolute atomic E-state index is 0.138. The Morgan fingerprint density at radius 2 is 1.86 bits per heavy atom. The molecule has 0 amide bonds. The highest BCUT2D eigenvalue weighted by molar-refractivity contribution is 5.91. The van der Waals surface area contributed by atoms with Gasteiger partial charge < -0.3 is 10.1 Å². The Hall–Kier alpha value is -2.89. The molecule has 1 N–H and O–H groups in total. The number of nitrogens with one attached hydrogen (secondary N) is 1. The van der Waals surface area contributed by atoms with Crippen molar-refractivity contribution in [3.05, 3.63) is 63.7 Å². The maximum absolute atomic E-state index is 11.4. The van der Waals surface area contributed by atoms with Crippen molar-refractivity contribution >= 4 is 23.0 Å². The van der Waals surface area contributed by atoms with Crippen LogP contribution in [0.15, 0.2) is 42.5 Å². The molecule has 108 valence electrons. The molecule has 2 aromatic carbocycles. The number of nitrogens with zero attached hydrogens (tertiary/aromatic N) is 1. The topological polar surface area (TPSA) is 81.5 Å². The summed E-state index contributed by atoms with van der Waals surface area (Å²) in [5, 5.41) is 14.1. The fourth-order valence-corrected chi connectivity index (χ4v) is 1.83. The number of esters is 1. The maximum atomic E-state index is 11.4. The van der Waals surface area contributed by atoms with Gasteiger partial charge in [0.15, 0.2) is 0 Å². The molecule has 0 saturated heterocycles. The summed E-state index contributed by atoms with van der Waals surface area (Å²) in [6, 6.07) is 11.6. The molecule has 6 heteroatoms. The van der Waals surface area contributed by atoms with Crippen molar-refractivity contribution in [2.75, 3.05) is 12.4 Å². The minimum Gasteiger partial charge on any atom is -0.465 e. The van der Waals surface area contributed by atoms with Gasteiger partial charge in [0, 0.05) is 11.8 Å². The first-order chi connectivity index (χ1) is 10.0. The molecule has 0 spiro atoms. The van der Waals surface area contributed by atoms with Gasteiger partial charge in [-0.1, -0.05) is 17.7 Å². The van der Waals surface area contributed by atoms with E-state index in [0.29, 0.717) is 5.69 Å². The first-order valence-electron chi connectivity index (χ1n) is 6.21. The molecule has 0 aliphatic rings. The van der Waals surface area contributed by atoms with E-state index >= 15 is 0 Å². The molecule has 0 saturated carbocycles. The molecule has 0 aromatic heterocycles. The lowest BCUT2D eigenvalue weighted by Gasteiger charge is -2.08. The number of carbonyl (C=O) groups is 1. The van der Waals surface area contributed by atoms with Gasteiger partial charge >= 0.3 is 5.97 Å². The summed E-state index contributed by atoms with van der Waals surface area (Å²) in [4.78, 5) is 22.0. The number of benzene rings is 2. The largest absolute Gasteiger partial charge is 0.465 e. The molecule has 2 rings (SSSR count). The Kier molecular flexibility index (Phi) is 4.18. The Bertz CT molecular complexity index is 681. The van der Waals surface area contributed by atoms with Crippen LogP contribution in [0.2, 0.25) is 0 Å². The van der Waals surface area contributed by atoms with Crippen LogP contribution in [0.4, 0.5) is 17.1 Å². The second kappa shape index (κ2) is 6.04. The molecule has 0 radical (unpaired) electrons. The number of carbonyl (C=O) groups excluding carboxylic acids is 1. The molecule has 0 atom stereocenters. The molecule has 21 heavy (non-hydrogen) atoms. The van der Waals surface area contributed by atoms with Crippen LogP contribution >= 0.6 is 0 Å². The summed E-state index contributed by atoms with van der Waals surface area (Å²) in [6.45, 7) is 1.96. The van der Waals surface area contributed by atoms with Gasteiger partial charge in [0.25, 0.3) is 5.69 Å². The molecule has 0 aliphatic carbocycles. The first-order valence-corrected chi connectivity index (χ1v) is 6.21. The second-order valence-corrected chi connectivity index (χ2v) is 4.47. The first kappa shape index (κ1) is 14.5. The van der Waals surface area contributed by atoms with Crippen LogP contribution in [-0.4, -0.2) is 18.0 Å². The van der Waals surface area contributed by atoms with E-state index in [0.717, 1.165) is 11.3 Å². The molecule has 6 nitrogen and oxygen atoms in total. The molecule has 0 aliphatic heterocycles. The van der Waals surface area contributed by atoms with E-state index in [2.05, 4.69) is 10.1 Å². The molecular formula is C15H14N2O4. The van der Waals surface area contributed by atoms with Crippen LogP contribution in [0.3, 0.4) is 0 Å². The van der Waals surface area contributed by atoms with Gasteiger partial charge in [-0.25, -0.2) is 4.79 Å².